The van der Waals surface area contributed by atoms with E-state index in [0.29, 0.717) is 6.42 Å². The minimum absolute atomic E-state index is 0.160. The van der Waals surface area contributed by atoms with Crippen LogP contribution in [0.15, 0.2) is 0 Å². The van der Waals surface area contributed by atoms with Crippen molar-refractivity contribution in [2.45, 2.75) is 31.7 Å². The summed E-state index contributed by atoms with van der Waals surface area (Å²) in [4.78, 5) is 0. The van der Waals surface area contributed by atoms with Crippen LogP contribution in [-0.4, -0.2) is 26.1 Å². The molecular formula is C6H14ClNO2S. The standard InChI is InChI=1S/C6H14ClNO2S/c1-4-6(5(2)7)8-11(3,9)10/h5-6,8H,4H2,1-3H3. The SMILES string of the molecule is CCC(NS(C)(=O)=O)C(C)Cl. The molecule has 0 saturated carbocycles. The maximum atomic E-state index is 10.7. The molecule has 5 heteroatoms. The molecule has 68 valence electrons. The highest BCUT2D eigenvalue weighted by Crippen LogP contribution is 2.05. The van der Waals surface area contributed by atoms with Gasteiger partial charge in [0, 0.05) is 11.4 Å². The predicted molar refractivity (Wildman–Crippen MR) is 47.4 cm³/mol. The average molecular weight is 200 g/mol. The van der Waals surface area contributed by atoms with E-state index >= 15 is 0 Å². The average Bonchev–Trinajstić information content (AvgIpc) is 1.80. The van der Waals surface area contributed by atoms with E-state index in [2.05, 4.69) is 4.72 Å². The summed E-state index contributed by atoms with van der Waals surface area (Å²) in [5.41, 5.74) is 0. The van der Waals surface area contributed by atoms with Gasteiger partial charge in [-0.05, 0) is 13.3 Å². The second-order valence-electron chi connectivity index (χ2n) is 2.58. The lowest BCUT2D eigenvalue weighted by molar-refractivity contribution is 0.538. The molecule has 0 aromatic heterocycles. The molecule has 0 heterocycles. The van der Waals surface area contributed by atoms with E-state index < -0.39 is 10.0 Å². The van der Waals surface area contributed by atoms with Crippen molar-refractivity contribution >= 4 is 21.6 Å². The Morgan fingerprint density at radius 1 is 1.55 bits per heavy atom. The normalized spacial score (nSPS) is 17.8. The quantitative estimate of drug-likeness (QED) is 0.686. The Morgan fingerprint density at radius 2 is 2.00 bits per heavy atom. The third-order valence-electron chi connectivity index (χ3n) is 1.36. The molecule has 0 radical (unpaired) electrons. The van der Waals surface area contributed by atoms with Gasteiger partial charge in [-0.15, -0.1) is 11.6 Å². The van der Waals surface area contributed by atoms with Crippen molar-refractivity contribution in [3.63, 3.8) is 0 Å². The molecule has 0 amide bonds. The van der Waals surface area contributed by atoms with Crippen LogP contribution in [0, 0.1) is 0 Å². The summed E-state index contributed by atoms with van der Waals surface area (Å²) in [5.74, 6) is 0. The fourth-order valence-corrected chi connectivity index (χ4v) is 2.01. The molecule has 0 aromatic rings. The molecule has 0 aromatic carbocycles. The summed E-state index contributed by atoms with van der Waals surface area (Å²) in [6, 6.07) is -0.160. The Hall–Kier alpha value is 0.200. The molecule has 0 rings (SSSR count). The number of hydrogen-bond acceptors (Lipinski definition) is 2. The number of rotatable bonds is 4. The minimum Gasteiger partial charge on any atom is -0.213 e. The summed E-state index contributed by atoms with van der Waals surface area (Å²) in [5, 5.41) is -0.172. The van der Waals surface area contributed by atoms with Crippen LogP contribution in [0.5, 0.6) is 0 Å². The van der Waals surface area contributed by atoms with Crippen LogP contribution in [0.25, 0.3) is 0 Å². The van der Waals surface area contributed by atoms with E-state index in [4.69, 9.17) is 11.6 Å². The Morgan fingerprint density at radius 3 is 2.09 bits per heavy atom. The zero-order valence-corrected chi connectivity index (χ0v) is 8.54. The van der Waals surface area contributed by atoms with E-state index in [-0.39, 0.29) is 11.4 Å². The molecule has 11 heavy (non-hydrogen) atoms. The zero-order valence-electron chi connectivity index (χ0n) is 6.96. The summed E-state index contributed by atoms with van der Waals surface area (Å²) in [6.45, 7) is 3.66. The smallest absolute Gasteiger partial charge is 0.208 e. The maximum Gasteiger partial charge on any atom is 0.208 e. The van der Waals surface area contributed by atoms with Crippen molar-refractivity contribution in [3.8, 4) is 0 Å². The highest BCUT2D eigenvalue weighted by Gasteiger charge is 2.16. The van der Waals surface area contributed by atoms with Gasteiger partial charge in [-0.25, -0.2) is 13.1 Å². The first-order chi connectivity index (χ1) is 4.87. The van der Waals surface area contributed by atoms with Crippen LogP contribution in [-0.2, 0) is 10.0 Å². The number of halogens is 1. The monoisotopic (exact) mass is 199 g/mol. The van der Waals surface area contributed by atoms with Crippen molar-refractivity contribution in [2.75, 3.05) is 6.26 Å². The Kier molecular flexibility index (Phi) is 4.36. The first-order valence-corrected chi connectivity index (χ1v) is 5.81. The highest BCUT2D eigenvalue weighted by atomic mass is 35.5. The Balaban J connectivity index is 4.10. The van der Waals surface area contributed by atoms with Crippen molar-refractivity contribution < 1.29 is 8.42 Å². The second-order valence-corrected chi connectivity index (χ2v) is 5.05. The number of hydrogen-bond donors (Lipinski definition) is 1. The third kappa shape index (κ3) is 5.47. The molecule has 0 spiro atoms. The minimum atomic E-state index is -3.11. The molecule has 2 atom stereocenters. The molecule has 0 aliphatic rings. The second kappa shape index (κ2) is 4.28. The maximum absolute atomic E-state index is 10.7. The predicted octanol–water partition coefficient (Wildman–Crippen LogP) is 0.942. The summed E-state index contributed by atoms with van der Waals surface area (Å²) in [7, 11) is -3.11. The fourth-order valence-electron chi connectivity index (χ4n) is 0.777. The van der Waals surface area contributed by atoms with E-state index in [1.807, 2.05) is 6.92 Å². The van der Waals surface area contributed by atoms with Crippen LogP contribution < -0.4 is 4.72 Å². The van der Waals surface area contributed by atoms with Gasteiger partial charge >= 0.3 is 0 Å². The summed E-state index contributed by atoms with van der Waals surface area (Å²) in [6.07, 6.45) is 1.84. The Bertz CT molecular complexity index is 201. The molecule has 3 nitrogen and oxygen atoms in total. The topological polar surface area (TPSA) is 46.2 Å². The largest absolute Gasteiger partial charge is 0.213 e. The fraction of sp³-hybridized carbons (Fsp3) is 1.00. The number of alkyl halides is 1. The van der Waals surface area contributed by atoms with E-state index in [1.165, 1.54) is 0 Å². The van der Waals surface area contributed by atoms with Gasteiger partial charge in [0.1, 0.15) is 0 Å². The van der Waals surface area contributed by atoms with Gasteiger partial charge in [-0.1, -0.05) is 6.92 Å². The van der Waals surface area contributed by atoms with Crippen LogP contribution in [0.3, 0.4) is 0 Å². The lowest BCUT2D eigenvalue weighted by Gasteiger charge is -2.17. The highest BCUT2D eigenvalue weighted by molar-refractivity contribution is 7.88. The van der Waals surface area contributed by atoms with E-state index in [0.717, 1.165) is 6.26 Å². The van der Waals surface area contributed by atoms with E-state index in [9.17, 15) is 8.42 Å². The molecule has 0 aliphatic heterocycles. The molecule has 1 N–H and O–H groups in total. The zero-order chi connectivity index (χ0) is 9.07. The van der Waals surface area contributed by atoms with Gasteiger partial charge in [0.05, 0.1) is 6.26 Å². The molecule has 0 aliphatic carbocycles. The molecule has 0 fully saturated rings. The Labute approximate surface area is 73.2 Å². The number of sulfonamides is 1. The van der Waals surface area contributed by atoms with Gasteiger partial charge < -0.3 is 0 Å². The van der Waals surface area contributed by atoms with Gasteiger partial charge in [0.25, 0.3) is 0 Å². The summed E-state index contributed by atoms with van der Waals surface area (Å²) >= 11 is 5.72. The van der Waals surface area contributed by atoms with Crippen LogP contribution in [0.2, 0.25) is 0 Å². The molecule has 0 bridgehead atoms. The lowest BCUT2D eigenvalue weighted by atomic mass is 10.2. The van der Waals surface area contributed by atoms with Crippen molar-refractivity contribution in [2.24, 2.45) is 0 Å². The first-order valence-electron chi connectivity index (χ1n) is 3.48. The lowest BCUT2D eigenvalue weighted by Crippen LogP contribution is -2.38. The molecular weight excluding hydrogens is 186 g/mol. The van der Waals surface area contributed by atoms with Crippen LogP contribution in [0.4, 0.5) is 0 Å². The van der Waals surface area contributed by atoms with E-state index in [1.54, 1.807) is 6.92 Å². The molecule has 2 unspecified atom stereocenters. The first kappa shape index (κ1) is 11.2. The van der Waals surface area contributed by atoms with Crippen LogP contribution in [0.1, 0.15) is 20.3 Å². The number of nitrogens with one attached hydrogen (secondary N) is 1. The van der Waals surface area contributed by atoms with Gasteiger partial charge in [0.2, 0.25) is 10.0 Å². The third-order valence-corrected chi connectivity index (χ3v) is 2.39. The van der Waals surface area contributed by atoms with Gasteiger partial charge in [-0.3, -0.25) is 0 Å². The van der Waals surface area contributed by atoms with Crippen molar-refractivity contribution in [1.29, 1.82) is 0 Å². The van der Waals surface area contributed by atoms with Gasteiger partial charge in [-0.2, -0.15) is 0 Å². The van der Waals surface area contributed by atoms with Gasteiger partial charge in [0.15, 0.2) is 0 Å². The summed E-state index contributed by atoms with van der Waals surface area (Å²) < 4.78 is 23.9. The van der Waals surface area contributed by atoms with Crippen molar-refractivity contribution in [3.05, 3.63) is 0 Å². The van der Waals surface area contributed by atoms with Crippen LogP contribution >= 0.6 is 11.6 Å². The van der Waals surface area contributed by atoms with Crippen molar-refractivity contribution in [1.82, 2.24) is 4.72 Å². The molecule has 0 saturated heterocycles.